The molecule has 0 spiro atoms. The molecule has 4 nitrogen and oxygen atoms in total. The lowest BCUT2D eigenvalue weighted by atomic mass is 9.71. The van der Waals surface area contributed by atoms with Gasteiger partial charge in [-0.2, -0.15) is 0 Å². The molecule has 3 atom stereocenters. The molecule has 0 aromatic rings. The molecule has 42 heavy (non-hydrogen) atoms. The van der Waals surface area contributed by atoms with Gasteiger partial charge < -0.3 is 19.7 Å². The van der Waals surface area contributed by atoms with Crippen molar-refractivity contribution in [2.24, 2.45) is 17.8 Å². The van der Waals surface area contributed by atoms with Crippen molar-refractivity contribution in [1.29, 1.82) is 0 Å². The van der Waals surface area contributed by atoms with Crippen molar-refractivity contribution >= 4 is 0 Å². The Balaban J connectivity index is 2.87. The predicted octanol–water partition coefficient (Wildman–Crippen LogP) is 9.47. The molecule has 1 aliphatic rings. The minimum Gasteiger partial charge on any atom is -0.394 e. The first kappa shape index (κ1) is 38.3. The molecule has 0 bridgehead atoms. The van der Waals surface area contributed by atoms with Crippen LogP contribution in [-0.4, -0.2) is 49.9 Å². The summed E-state index contributed by atoms with van der Waals surface area (Å²) in [5.74, 6) is 1.09. The molecule has 0 heterocycles. The SMILES string of the molecule is C=C(CC/C=C(\C)CCC=C(C)C)CC[C@@H]1C=C(CC/C=C(\C)CCC=C(C)C)C[C@@H](COCCO)[C@@H]1COCCO. The zero-order chi connectivity index (χ0) is 31.2. The molecule has 240 valence electrons. The van der Waals surface area contributed by atoms with E-state index >= 15 is 0 Å². The van der Waals surface area contributed by atoms with Crippen LogP contribution in [0.2, 0.25) is 0 Å². The molecule has 1 aliphatic carbocycles. The normalized spacial score (nSPS) is 19.4. The Morgan fingerprint density at radius 3 is 1.88 bits per heavy atom. The van der Waals surface area contributed by atoms with Crippen LogP contribution in [0.4, 0.5) is 0 Å². The van der Waals surface area contributed by atoms with E-state index in [1.54, 1.807) is 0 Å². The van der Waals surface area contributed by atoms with E-state index in [2.05, 4.69) is 78.5 Å². The topological polar surface area (TPSA) is 58.9 Å². The Labute approximate surface area is 259 Å². The van der Waals surface area contributed by atoms with Gasteiger partial charge in [0.05, 0.1) is 39.6 Å². The van der Waals surface area contributed by atoms with Crippen molar-refractivity contribution in [3.05, 3.63) is 70.4 Å². The molecule has 0 fully saturated rings. The molecular formula is C38H64O4. The van der Waals surface area contributed by atoms with Gasteiger partial charge in [0.15, 0.2) is 0 Å². The molecule has 0 aliphatic heterocycles. The first-order valence-electron chi connectivity index (χ1n) is 16.5. The second-order valence-corrected chi connectivity index (χ2v) is 12.8. The van der Waals surface area contributed by atoms with Gasteiger partial charge in [-0.15, -0.1) is 0 Å². The van der Waals surface area contributed by atoms with Crippen molar-refractivity contribution in [3.63, 3.8) is 0 Å². The number of rotatable bonds is 23. The zero-order valence-corrected chi connectivity index (χ0v) is 28.1. The van der Waals surface area contributed by atoms with Crippen LogP contribution in [0.15, 0.2) is 70.4 Å². The van der Waals surface area contributed by atoms with Crippen LogP contribution in [0, 0.1) is 17.8 Å². The van der Waals surface area contributed by atoms with E-state index in [4.69, 9.17) is 9.47 Å². The van der Waals surface area contributed by atoms with Crippen molar-refractivity contribution < 1.29 is 19.7 Å². The predicted molar refractivity (Wildman–Crippen MR) is 181 cm³/mol. The summed E-state index contributed by atoms with van der Waals surface area (Å²) in [6, 6.07) is 0. The molecule has 0 radical (unpaired) electrons. The highest BCUT2D eigenvalue weighted by Gasteiger charge is 2.33. The first-order chi connectivity index (χ1) is 20.2. The van der Waals surface area contributed by atoms with Crippen LogP contribution in [-0.2, 0) is 9.47 Å². The highest BCUT2D eigenvalue weighted by Crippen LogP contribution is 2.39. The summed E-state index contributed by atoms with van der Waals surface area (Å²) in [5.41, 5.74) is 8.55. The average Bonchev–Trinajstić information content (AvgIpc) is 2.92. The van der Waals surface area contributed by atoms with E-state index < -0.39 is 0 Å². The molecule has 0 saturated heterocycles. The number of aliphatic hydroxyl groups excluding tert-OH is 2. The Hall–Kier alpha value is -1.72. The van der Waals surface area contributed by atoms with Crippen LogP contribution >= 0.6 is 0 Å². The lowest BCUT2D eigenvalue weighted by molar-refractivity contribution is -0.00380. The second kappa shape index (κ2) is 23.7. The Morgan fingerprint density at radius 1 is 0.762 bits per heavy atom. The zero-order valence-electron chi connectivity index (χ0n) is 28.1. The Morgan fingerprint density at radius 2 is 1.31 bits per heavy atom. The molecule has 0 amide bonds. The van der Waals surface area contributed by atoms with Gasteiger partial charge in [0.2, 0.25) is 0 Å². The van der Waals surface area contributed by atoms with E-state index in [-0.39, 0.29) is 13.2 Å². The Bertz CT molecular complexity index is 896. The fourth-order valence-corrected chi connectivity index (χ4v) is 5.74. The van der Waals surface area contributed by atoms with Crippen molar-refractivity contribution in [3.8, 4) is 0 Å². The minimum atomic E-state index is 0.0432. The quantitative estimate of drug-likeness (QED) is 0.0927. The summed E-state index contributed by atoms with van der Waals surface area (Å²) in [5, 5.41) is 18.6. The Kier molecular flexibility index (Phi) is 21.6. The van der Waals surface area contributed by atoms with E-state index in [1.807, 2.05) is 0 Å². The van der Waals surface area contributed by atoms with Crippen LogP contribution in [0.1, 0.15) is 112 Å². The standard InChI is InChI=1S/C38H64O4/c1-30(2)12-8-14-32(5)16-10-17-34(7)20-21-36-26-35(19-11-18-33(6)15-9-13-31(3)4)27-37(28-41-24-22-39)38(36)29-42-25-23-40/h12-13,16,18,26,36-40H,7-11,14-15,17,19-25,27-29H2,1-6H3/b32-16+,33-18+/t36-,37+,38-/m1/s1. The molecule has 4 heteroatoms. The highest BCUT2D eigenvalue weighted by atomic mass is 16.5. The van der Waals surface area contributed by atoms with Crippen LogP contribution in [0.25, 0.3) is 0 Å². The van der Waals surface area contributed by atoms with Gasteiger partial charge in [-0.1, -0.05) is 70.4 Å². The average molecular weight is 585 g/mol. The number of aliphatic hydroxyl groups is 2. The van der Waals surface area contributed by atoms with Gasteiger partial charge in [0, 0.05) is 0 Å². The summed E-state index contributed by atoms with van der Waals surface area (Å²) in [6.45, 7) is 19.7. The maximum Gasteiger partial charge on any atom is 0.0697 e. The number of hydrogen-bond donors (Lipinski definition) is 2. The van der Waals surface area contributed by atoms with E-state index in [0.717, 1.165) is 70.6 Å². The molecule has 0 unspecified atom stereocenters. The molecular weight excluding hydrogens is 520 g/mol. The molecule has 0 saturated carbocycles. The van der Waals surface area contributed by atoms with E-state index in [0.29, 0.717) is 44.2 Å². The summed E-state index contributed by atoms with van der Waals surface area (Å²) in [4.78, 5) is 0. The number of hydrogen-bond acceptors (Lipinski definition) is 4. The third-order valence-electron chi connectivity index (χ3n) is 8.21. The van der Waals surface area contributed by atoms with Gasteiger partial charge in [-0.3, -0.25) is 0 Å². The van der Waals surface area contributed by atoms with E-state index in [9.17, 15) is 10.2 Å². The van der Waals surface area contributed by atoms with Crippen molar-refractivity contribution in [2.75, 3.05) is 39.6 Å². The van der Waals surface area contributed by atoms with Gasteiger partial charge in [0.1, 0.15) is 0 Å². The van der Waals surface area contributed by atoms with Crippen LogP contribution in [0.3, 0.4) is 0 Å². The van der Waals surface area contributed by atoms with Crippen molar-refractivity contribution in [1.82, 2.24) is 0 Å². The van der Waals surface area contributed by atoms with Crippen LogP contribution < -0.4 is 0 Å². The lowest BCUT2D eigenvalue weighted by Gasteiger charge is -2.37. The smallest absolute Gasteiger partial charge is 0.0697 e. The molecule has 0 aromatic carbocycles. The fraction of sp³-hybridized carbons (Fsp3) is 0.684. The van der Waals surface area contributed by atoms with Crippen LogP contribution in [0.5, 0.6) is 0 Å². The third-order valence-corrected chi connectivity index (χ3v) is 8.21. The van der Waals surface area contributed by atoms with Gasteiger partial charge in [0.25, 0.3) is 0 Å². The van der Waals surface area contributed by atoms with E-state index in [1.165, 1.54) is 33.4 Å². The van der Waals surface area contributed by atoms with Gasteiger partial charge >= 0.3 is 0 Å². The minimum absolute atomic E-state index is 0.0432. The molecule has 0 aromatic heterocycles. The number of allylic oxidation sites excluding steroid dienone is 11. The summed E-state index contributed by atoms with van der Waals surface area (Å²) in [7, 11) is 0. The molecule has 2 N–H and O–H groups in total. The summed E-state index contributed by atoms with van der Waals surface area (Å²) < 4.78 is 11.8. The summed E-state index contributed by atoms with van der Waals surface area (Å²) >= 11 is 0. The number of ether oxygens (including phenoxy) is 2. The largest absolute Gasteiger partial charge is 0.394 e. The maximum atomic E-state index is 9.32. The third kappa shape index (κ3) is 18.7. The fourth-order valence-electron chi connectivity index (χ4n) is 5.74. The lowest BCUT2D eigenvalue weighted by Crippen LogP contribution is -2.34. The van der Waals surface area contributed by atoms with Gasteiger partial charge in [-0.25, -0.2) is 0 Å². The molecule has 1 rings (SSSR count). The monoisotopic (exact) mass is 584 g/mol. The maximum absolute atomic E-state index is 9.32. The van der Waals surface area contributed by atoms with Crippen molar-refractivity contribution in [2.45, 2.75) is 112 Å². The first-order valence-corrected chi connectivity index (χ1v) is 16.5. The van der Waals surface area contributed by atoms with Gasteiger partial charge in [-0.05, 0) is 130 Å². The second-order valence-electron chi connectivity index (χ2n) is 12.8. The summed E-state index contributed by atoms with van der Waals surface area (Å²) in [6.07, 6.45) is 23.8. The highest BCUT2D eigenvalue weighted by molar-refractivity contribution is 5.15.